The number of β-lactam (4-membered cyclic amide) rings is 1. The molecule has 0 spiro atoms. The highest BCUT2D eigenvalue weighted by molar-refractivity contribution is 14.1. The minimum absolute atomic E-state index is 0.286. The molecule has 4 atom stereocenters. The highest BCUT2D eigenvalue weighted by Crippen LogP contribution is 2.25. The third kappa shape index (κ3) is 5.59. The molecule has 2 rings (SSSR count). The van der Waals surface area contributed by atoms with Crippen LogP contribution < -0.4 is 10.6 Å². The maximum absolute atomic E-state index is 12.9. The number of amides is 3. The fourth-order valence-electron chi connectivity index (χ4n) is 2.92. The van der Waals surface area contributed by atoms with Gasteiger partial charge < -0.3 is 25.6 Å². The van der Waals surface area contributed by atoms with E-state index in [9.17, 15) is 24.3 Å². The van der Waals surface area contributed by atoms with Crippen molar-refractivity contribution in [1.82, 2.24) is 15.5 Å². The lowest BCUT2D eigenvalue weighted by Gasteiger charge is -2.47. The molecule has 4 N–H and O–H groups in total. The number of benzene rings is 1. The minimum atomic E-state index is -1.99. The Morgan fingerprint density at radius 3 is 2.33 bits per heavy atom. The summed E-state index contributed by atoms with van der Waals surface area (Å²) >= 11 is 1.93. The van der Waals surface area contributed by atoms with E-state index >= 15 is 0 Å². The van der Waals surface area contributed by atoms with Gasteiger partial charge in [0, 0.05) is 4.43 Å². The van der Waals surface area contributed by atoms with Gasteiger partial charge in [0.05, 0.1) is 6.04 Å². The SMILES string of the molecule is CC(C)(C)OC(=O)NC(C(=O)NC1C(=O)N(C(O)C(=O)O)C1CI)c1ccccc1. The normalized spacial score (nSPS) is 20.6. The maximum atomic E-state index is 12.9. The van der Waals surface area contributed by atoms with Crippen molar-refractivity contribution in [3.8, 4) is 0 Å². The Balaban J connectivity index is 2.17. The lowest BCUT2D eigenvalue weighted by Crippen LogP contribution is -2.75. The van der Waals surface area contributed by atoms with Crippen molar-refractivity contribution in [2.24, 2.45) is 0 Å². The fourth-order valence-corrected chi connectivity index (χ4v) is 3.85. The van der Waals surface area contributed by atoms with E-state index in [1.165, 1.54) is 0 Å². The molecule has 4 unspecified atom stereocenters. The molecule has 30 heavy (non-hydrogen) atoms. The van der Waals surface area contributed by atoms with Crippen LogP contribution in [0.5, 0.6) is 0 Å². The number of alkyl halides is 1. The second kappa shape index (κ2) is 9.60. The Labute approximate surface area is 187 Å². The van der Waals surface area contributed by atoms with E-state index in [1.54, 1.807) is 51.1 Å². The largest absolute Gasteiger partial charge is 0.478 e. The number of aliphatic carboxylic acids is 1. The first-order valence-electron chi connectivity index (χ1n) is 9.10. The predicted octanol–water partition coefficient (Wildman–Crippen LogP) is 0.786. The molecule has 3 amide bonds. The van der Waals surface area contributed by atoms with Crippen molar-refractivity contribution in [2.75, 3.05) is 4.43 Å². The minimum Gasteiger partial charge on any atom is -0.478 e. The van der Waals surface area contributed by atoms with E-state index in [1.807, 2.05) is 22.6 Å². The molecule has 1 aliphatic rings. The van der Waals surface area contributed by atoms with Gasteiger partial charge in [-0.25, -0.2) is 9.59 Å². The molecule has 1 aromatic rings. The summed E-state index contributed by atoms with van der Waals surface area (Å²) in [6, 6.07) is 5.56. The van der Waals surface area contributed by atoms with Gasteiger partial charge in [-0.3, -0.25) is 14.5 Å². The molecule has 0 radical (unpaired) electrons. The first-order valence-corrected chi connectivity index (χ1v) is 10.6. The van der Waals surface area contributed by atoms with Gasteiger partial charge >= 0.3 is 12.1 Å². The molecular weight excluding hydrogens is 509 g/mol. The first-order chi connectivity index (χ1) is 14.0. The van der Waals surface area contributed by atoms with Crippen molar-refractivity contribution in [1.29, 1.82) is 0 Å². The van der Waals surface area contributed by atoms with Crippen LogP contribution in [0.15, 0.2) is 30.3 Å². The number of carboxylic acids is 1. The Morgan fingerprint density at radius 1 is 1.23 bits per heavy atom. The molecule has 11 heteroatoms. The molecule has 1 aromatic carbocycles. The Bertz CT molecular complexity index is 812. The van der Waals surface area contributed by atoms with Crippen LogP contribution in [0.1, 0.15) is 32.4 Å². The standard InChI is InChI=1S/C19H24IN3O7/c1-19(2,3)30-18(29)22-12(10-7-5-4-6-8-10)14(24)21-13-11(9-20)23(15(13)25)16(26)17(27)28/h4-8,11-13,16,26H,9H2,1-3H3,(H,21,24)(H,22,29)(H,27,28). The van der Waals surface area contributed by atoms with Crippen LogP contribution in [-0.4, -0.2) is 67.3 Å². The Morgan fingerprint density at radius 2 is 1.83 bits per heavy atom. The van der Waals surface area contributed by atoms with E-state index in [-0.39, 0.29) is 4.43 Å². The number of carboxylic acid groups (broad SMARTS) is 1. The topological polar surface area (TPSA) is 145 Å². The number of nitrogens with one attached hydrogen (secondary N) is 2. The van der Waals surface area contributed by atoms with E-state index in [0.717, 1.165) is 4.90 Å². The second-order valence-electron chi connectivity index (χ2n) is 7.66. The second-order valence-corrected chi connectivity index (χ2v) is 8.54. The van der Waals surface area contributed by atoms with Crippen LogP contribution in [0, 0.1) is 0 Å². The molecule has 1 aliphatic heterocycles. The molecule has 1 saturated heterocycles. The number of rotatable bonds is 7. The van der Waals surface area contributed by atoms with Gasteiger partial charge in [0.15, 0.2) is 0 Å². The number of alkyl carbamates (subject to hydrolysis) is 1. The highest BCUT2D eigenvalue weighted by Gasteiger charge is 2.52. The summed E-state index contributed by atoms with van der Waals surface area (Å²) in [6.07, 6.45) is -2.80. The lowest BCUT2D eigenvalue weighted by atomic mass is 9.95. The van der Waals surface area contributed by atoms with Gasteiger partial charge in [-0.2, -0.15) is 0 Å². The molecule has 1 fully saturated rings. The zero-order chi connectivity index (χ0) is 22.6. The van der Waals surface area contributed by atoms with Crippen LogP contribution in [0.4, 0.5) is 4.79 Å². The summed E-state index contributed by atoms with van der Waals surface area (Å²) in [7, 11) is 0. The summed E-state index contributed by atoms with van der Waals surface area (Å²) < 4.78 is 5.50. The number of hydrogen-bond acceptors (Lipinski definition) is 6. The number of halogens is 1. The number of ether oxygens (including phenoxy) is 1. The number of carbonyl (C=O) groups is 4. The summed E-state index contributed by atoms with van der Waals surface area (Å²) in [5.41, 5.74) is -0.299. The quantitative estimate of drug-likeness (QED) is 0.230. The van der Waals surface area contributed by atoms with Gasteiger partial charge in [-0.05, 0) is 26.3 Å². The third-order valence-electron chi connectivity index (χ3n) is 4.26. The number of aliphatic hydroxyl groups excluding tert-OH is 1. The van der Waals surface area contributed by atoms with Crippen LogP contribution >= 0.6 is 22.6 Å². The zero-order valence-corrected chi connectivity index (χ0v) is 18.8. The number of hydrogen-bond donors (Lipinski definition) is 4. The average molecular weight is 533 g/mol. The molecule has 164 valence electrons. The smallest absolute Gasteiger partial charge is 0.408 e. The van der Waals surface area contributed by atoms with E-state index < -0.39 is 53.8 Å². The van der Waals surface area contributed by atoms with Crippen molar-refractivity contribution in [3.05, 3.63) is 35.9 Å². The number of nitrogens with zero attached hydrogens (tertiary/aromatic N) is 1. The average Bonchev–Trinajstić information content (AvgIpc) is 2.66. The molecule has 0 bridgehead atoms. The van der Waals surface area contributed by atoms with Gasteiger partial charge in [-0.1, -0.05) is 52.9 Å². The van der Waals surface area contributed by atoms with Gasteiger partial charge in [-0.15, -0.1) is 0 Å². The summed E-state index contributed by atoms with van der Waals surface area (Å²) in [5, 5.41) is 23.7. The van der Waals surface area contributed by atoms with Gasteiger partial charge in [0.1, 0.15) is 17.7 Å². The van der Waals surface area contributed by atoms with Crippen molar-refractivity contribution < 1.29 is 34.1 Å². The van der Waals surface area contributed by atoms with Crippen molar-refractivity contribution >= 4 is 46.5 Å². The monoisotopic (exact) mass is 533 g/mol. The van der Waals surface area contributed by atoms with Gasteiger partial charge in [0.25, 0.3) is 0 Å². The summed E-state index contributed by atoms with van der Waals surface area (Å²) in [6.45, 7) is 5.06. The number of aliphatic hydroxyl groups is 1. The van der Waals surface area contributed by atoms with Crippen molar-refractivity contribution in [2.45, 2.75) is 50.7 Å². The fraction of sp³-hybridized carbons (Fsp3) is 0.474. The van der Waals surface area contributed by atoms with Gasteiger partial charge in [0.2, 0.25) is 18.0 Å². The molecule has 10 nitrogen and oxygen atoms in total. The molecule has 0 aromatic heterocycles. The molecule has 1 heterocycles. The van der Waals surface area contributed by atoms with E-state index in [0.29, 0.717) is 5.56 Å². The molecule has 0 aliphatic carbocycles. The van der Waals surface area contributed by atoms with E-state index in [2.05, 4.69) is 10.6 Å². The lowest BCUT2D eigenvalue weighted by molar-refractivity contribution is -0.182. The predicted molar refractivity (Wildman–Crippen MR) is 114 cm³/mol. The number of carbonyl (C=O) groups excluding carboxylic acids is 3. The van der Waals surface area contributed by atoms with Crippen LogP contribution in [-0.2, 0) is 19.1 Å². The van der Waals surface area contributed by atoms with Crippen molar-refractivity contribution in [3.63, 3.8) is 0 Å². The summed E-state index contributed by atoms with van der Waals surface area (Å²) in [5.74, 6) is -2.94. The molecule has 0 saturated carbocycles. The third-order valence-corrected chi connectivity index (χ3v) is 5.16. The molecular formula is C19H24IN3O7. The Kier molecular flexibility index (Phi) is 7.64. The zero-order valence-electron chi connectivity index (χ0n) is 16.7. The Hall–Kier alpha value is -2.41. The highest BCUT2D eigenvalue weighted by atomic mass is 127. The van der Waals surface area contributed by atoms with Crippen LogP contribution in [0.2, 0.25) is 0 Å². The first kappa shape index (κ1) is 23.9. The van der Waals surface area contributed by atoms with E-state index in [4.69, 9.17) is 9.84 Å². The number of likely N-dealkylation sites (tertiary alicyclic amines) is 1. The van der Waals surface area contributed by atoms with Crippen LogP contribution in [0.25, 0.3) is 0 Å². The van der Waals surface area contributed by atoms with Crippen LogP contribution in [0.3, 0.4) is 0 Å². The maximum Gasteiger partial charge on any atom is 0.408 e. The summed E-state index contributed by atoms with van der Waals surface area (Å²) in [4.78, 5) is 49.3.